The molecule has 0 aliphatic heterocycles. The van der Waals surface area contributed by atoms with Crippen molar-refractivity contribution in [3.63, 3.8) is 0 Å². The fourth-order valence-electron chi connectivity index (χ4n) is 7.38. The molecule has 0 saturated heterocycles. The van der Waals surface area contributed by atoms with Crippen LogP contribution in [0.15, 0.2) is 48.6 Å². The van der Waals surface area contributed by atoms with Gasteiger partial charge in [-0.05, 0) is 70.6 Å². The molecule has 0 heterocycles. The number of ether oxygens (including phenoxy) is 3. The Balaban J connectivity index is 4.34. The Kier molecular flexibility index (Phi) is 47.9. The molecule has 0 aliphatic rings. The maximum atomic E-state index is 12.8. The van der Waals surface area contributed by atoms with Gasteiger partial charge in [-0.15, -0.1) is 0 Å². The van der Waals surface area contributed by atoms with E-state index in [0.29, 0.717) is 19.3 Å². The summed E-state index contributed by atoms with van der Waals surface area (Å²) in [6.45, 7) is 6.48. The van der Waals surface area contributed by atoms with E-state index >= 15 is 0 Å². The molecule has 0 bridgehead atoms. The predicted octanol–water partition coefficient (Wildman–Crippen LogP) is 17.1. The molecule has 0 aromatic heterocycles. The largest absolute Gasteiger partial charge is 0.462 e. The maximum Gasteiger partial charge on any atom is 0.306 e. The molecule has 6 nitrogen and oxygen atoms in total. The molecule has 0 spiro atoms. The van der Waals surface area contributed by atoms with Crippen molar-refractivity contribution in [2.45, 2.75) is 271 Å². The topological polar surface area (TPSA) is 78.9 Å². The zero-order valence-corrected chi connectivity index (χ0v) is 40.4. The van der Waals surface area contributed by atoms with Gasteiger partial charge in [0.25, 0.3) is 0 Å². The maximum absolute atomic E-state index is 12.8. The average Bonchev–Trinajstić information content (AvgIpc) is 3.26. The van der Waals surface area contributed by atoms with E-state index in [-0.39, 0.29) is 31.1 Å². The van der Waals surface area contributed by atoms with E-state index in [1.54, 1.807) is 0 Å². The number of rotatable bonds is 47. The molecule has 0 radical (unpaired) electrons. The minimum atomic E-state index is -0.784. The smallest absolute Gasteiger partial charge is 0.306 e. The molecule has 0 amide bonds. The summed E-state index contributed by atoms with van der Waals surface area (Å²) in [5.74, 6) is -0.907. The average molecular weight is 855 g/mol. The van der Waals surface area contributed by atoms with Gasteiger partial charge < -0.3 is 14.2 Å². The van der Waals surface area contributed by atoms with Gasteiger partial charge in [-0.25, -0.2) is 0 Å². The standard InChI is InChI=1S/C55H98O6/c1-4-7-10-13-16-19-22-24-26-27-28-29-31-33-36-39-42-45-48-54(57)60-51-52(50-59-53(56)47-44-41-38-35-32-21-18-15-12-9-6-3)61-55(58)49-46-43-40-37-34-30-25-23-20-17-14-11-8-5-2/h8,11,15,17-18,20,25,30,52H,4-7,9-10,12-14,16,19,21-24,26-29,31-51H2,1-3H3/b11-8-,18-15-,20-17-,30-25-. The van der Waals surface area contributed by atoms with Gasteiger partial charge in [-0.2, -0.15) is 0 Å². The molecular weight excluding hydrogens is 757 g/mol. The van der Waals surface area contributed by atoms with E-state index in [4.69, 9.17) is 14.2 Å². The quantitative estimate of drug-likeness (QED) is 0.0263. The summed E-state index contributed by atoms with van der Waals surface area (Å²) in [5, 5.41) is 0. The first kappa shape index (κ1) is 58.4. The molecule has 0 aromatic rings. The van der Waals surface area contributed by atoms with Crippen molar-refractivity contribution in [2.75, 3.05) is 13.2 Å². The fraction of sp³-hybridized carbons (Fsp3) is 0.800. The molecule has 0 saturated carbocycles. The minimum absolute atomic E-state index is 0.0826. The summed E-state index contributed by atoms with van der Waals surface area (Å²) in [7, 11) is 0. The molecule has 0 fully saturated rings. The summed E-state index contributed by atoms with van der Waals surface area (Å²) in [5.41, 5.74) is 0. The van der Waals surface area contributed by atoms with Crippen LogP contribution >= 0.6 is 0 Å². The number of unbranched alkanes of at least 4 members (excludes halogenated alkanes) is 28. The van der Waals surface area contributed by atoms with E-state index in [1.165, 1.54) is 128 Å². The molecule has 354 valence electrons. The van der Waals surface area contributed by atoms with Crippen molar-refractivity contribution in [1.29, 1.82) is 0 Å². The highest BCUT2D eigenvalue weighted by Gasteiger charge is 2.19. The highest BCUT2D eigenvalue weighted by atomic mass is 16.6. The Bertz CT molecular complexity index is 1070. The Labute approximate surface area is 378 Å². The number of hydrogen-bond acceptors (Lipinski definition) is 6. The van der Waals surface area contributed by atoms with Crippen molar-refractivity contribution in [1.82, 2.24) is 0 Å². The van der Waals surface area contributed by atoms with Gasteiger partial charge in [-0.3, -0.25) is 14.4 Å². The Hall–Kier alpha value is -2.63. The molecule has 0 rings (SSSR count). The van der Waals surface area contributed by atoms with E-state index in [1.807, 2.05) is 0 Å². The van der Waals surface area contributed by atoms with E-state index in [9.17, 15) is 14.4 Å². The summed E-state index contributed by atoms with van der Waals surface area (Å²) in [4.78, 5) is 37.9. The van der Waals surface area contributed by atoms with Crippen LogP contribution in [-0.4, -0.2) is 37.2 Å². The molecule has 61 heavy (non-hydrogen) atoms. The lowest BCUT2D eigenvalue weighted by atomic mass is 10.0. The van der Waals surface area contributed by atoms with Crippen LogP contribution in [-0.2, 0) is 28.6 Å². The van der Waals surface area contributed by atoms with Crippen molar-refractivity contribution >= 4 is 17.9 Å². The third kappa shape index (κ3) is 48.3. The Morgan fingerprint density at radius 3 is 1.07 bits per heavy atom. The van der Waals surface area contributed by atoms with Gasteiger partial charge in [0, 0.05) is 19.3 Å². The lowest BCUT2D eigenvalue weighted by Crippen LogP contribution is -2.30. The summed E-state index contributed by atoms with van der Waals surface area (Å²) in [6.07, 6.45) is 59.6. The Morgan fingerprint density at radius 2 is 0.656 bits per heavy atom. The predicted molar refractivity (Wildman–Crippen MR) is 261 cm³/mol. The molecule has 1 unspecified atom stereocenters. The highest BCUT2D eigenvalue weighted by molar-refractivity contribution is 5.71. The van der Waals surface area contributed by atoms with Crippen LogP contribution < -0.4 is 0 Å². The SMILES string of the molecule is CC/C=C\C/C=C\C/C=C\CCCCCCC(=O)OC(COC(=O)CCCCCCC/C=C\CCCC)COC(=O)CCCCCCCCCCCCCCCCCCCC. The number of allylic oxidation sites excluding steroid dienone is 8. The number of hydrogen-bond donors (Lipinski definition) is 0. The van der Waals surface area contributed by atoms with Gasteiger partial charge in [0.2, 0.25) is 0 Å². The van der Waals surface area contributed by atoms with Crippen LogP contribution in [0, 0.1) is 0 Å². The summed E-state index contributed by atoms with van der Waals surface area (Å²) in [6, 6.07) is 0. The molecule has 6 heteroatoms. The monoisotopic (exact) mass is 855 g/mol. The van der Waals surface area contributed by atoms with E-state index in [2.05, 4.69) is 69.4 Å². The number of carbonyl (C=O) groups excluding carboxylic acids is 3. The molecular formula is C55H98O6. The molecule has 0 aliphatic carbocycles. The second-order valence-electron chi connectivity index (χ2n) is 17.4. The van der Waals surface area contributed by atoms with Gasteiger partial charge >= 0.3 is 17.9 Å². The zero-order valence-electron chi connectivity index (χ0n) is 40.4. The fourth-order valence-corrected chi connectivity index (χ4v) is 7.38. The first-order chi connectivity index (χ1) is 30.0. The van der Waals surface area contributed by atoms with Crippen LogP contribution in [0.5, 0.6) is 0 Å². The van der Waals surface area contributed by atoms with E-state index in [0.717, 1.165) is 96.3 Å². The normalized spacial score (nSPS) is 12.4. The van der Waals surface area contributed by atoms with Gasteiger partial charge in [-0.1, -0.05) is 223 Å². The first-order valence-electron chi connectivity index (χ1n) is 26.1. The van der Waals surface area contributed by atoms with Crippen LogP contribution in [0.4, 0.5) is 0 Å². The van der Waals surface area contributed by atoms with Crippen LogP contribution in [0.3, 0.4) is 0 Å². The second-order valence-corrected chi connectivity index (χ2v) is 17.4. The third-order valence-electron chi connectivity index (χ3n) is 11.3. The van der Waals surface area contributed by atoms with Gasteiger partial charge in [0.1, 0.15) is 13.2 Å². The number of carbonyl (C=O) groups is 3. The zero-order chi connectivity index (χ0) is 44.4. The summed E-state index contributed by atoms with van der Waals surface area (Å²) >= 11 is 0. The van der Waals surface area contributed by atoms with Crippen molar-refractivity contribution in [2.24, 2.45) is 0 Å². The number of esters is 3. The van der Waals surface area contributed by atoms with Crippen molar-refractivity contribution in [3.05, 3.63) is 48.6 Å². The van der Waals surface area contributed by atoms with Crippen LogP contribution in [0.2, 0.25) is 0 Å². The second kappa shape index (κ2) is 50.0. The van der Waals surface area contributed by atoms with Gasteiger partial charge in [0.15, 0.2) is 6.10 Å². The highest BCUT2D eigenvalue weighted by Crippen LogP contribution is 2.16. The lowest BCUT2D eigenvalue weighted by molar-refractivity contribution is -0.167. The molecule has 0 N–H and O–H groups in total. The summed E-state index contributed by atoms with van der Waals surface area (Å²) < 4.78 is 16.8. The lowest BCUT2D eigenvalue weighted by Gasteiger charge is -2.18. The van der Waals surface area contributed by atoms with Crippen molar-refractivity contribution in [3.8, 4) is 0 Å². The third-order valence-corrected chi connectivity index (χ3v) is 11.3. The van der Waals surface area contributed by atoms with Crippen LogP contribution in [0.1, 0.15) is 265 Å². The van der Waals surface area contributed by atoms with E-state index < -0.39 is 6.10 Å². The van der Waals surface area contributed by atoms with Gasteiger partial charge in [0.05, 0.1) is 0 Å². The van der Waals surface area contributed by atoms with Crippen LogP contribution in [0.25, 0.3) is 0 Å². The minimum Gasteiger partial charge on any atom is -0.462 e. The Morgan fingerprint density at radius 1 is 0.344 bits per heavy atom. The van der Waals surface area contributed by atoms with Crippen molar-refractivity contribution < 1.29 is 28.6 Å². The first-order valence-corrected chi connectivity index (χ1v) is 26.1. The molecule has 1 atom stereocenters. The molecule has 0 aromatic carbocycles.